The first-order valence-corrected chi connectivity index (χ1v) is 5.66. The van der Waals surface area contributed by atoms with E-state index in [0.29, 0.717) is 0 Å². The maximum Gasteiger partial charge on any atom is 0.0741 e. The molecule has 0 unspecified atom stereocenters. The molecule has 1 heteroatoms. The van der Waals surface area contributed by atoms with E-state index >= 15 is 0 Å². The third-order valence-electron chi connectivity index (χ3n) is 3.01. The van der Waals surface area contributed by atoms with Gasteiger partial charge in [-0.05, 0) is 24.1 Å². The highest BCUT2D eigenvalue weighted by atomic mass is 14.7. The van der Waals surface area contributed by atoms with Crippen molar-refractivity contribution in [1.29, 1.82) is 0 Å². The van der Waals surface area contributed by atoms with Gasteiger partial charge >= 0.3 is 0 Å². The highest BCUT2D eigenvalue weighted by molar-refractivity contribution is 5.93. The molecule has 0 bridgehead atoms. The number of pyridine rings is 1. The largest absolute Gasteiger partial charge is 0.248 e. The van der Waals surface area contributed by atoms with Crippen LogP contribution in [0.5, 0.6) is 0 Å². The van der Waals surface area contributed by atoms with Gasteiger partial charge in [0.25, 0.3) is 0 Å². The van der Waals surface area contributed by atoms with Gasteiger partial charge in [-0.3, -0.25) is 0 Å². The number of para-hydroxylation sites is 2. The van der Waals surface area contributed by atoms with Crippen molar-refractivity contribution in [2.24, 2.45) is 0 Å². The summed E-state index contributed by atoms with van der Waals surface area (Å²) in [6.45, 7) is 2.17. The maximum absolute atomic E-state index is 4.75. The molecule has 1 nitrogen and oxygen atoms in total. The Labute approximate surface area is 94.7 Å². The van der Waals surface area contributed by atoms with Gasteiger partial charge in [-0.15, -0.1) is 0 Å². The zero-order chi connectivity index (χ0) is 11.0. The van der Waals surface area contributed by atoms with Crippen molar-refractivity contribution in [3.8, 4) is 0 Å². The summed E-state index contributed by atoms with van der Waals surface area (Å²) in [6, 6.07) is 16.9. The summed E-state index contributed by atoms with van der Waals surface area (Å²) in [5.41, 5.74) is 3.54. The van der Waals surface area contributed by atoms with E-state index in [-0.39, 0.29) is 0 Å². The van der Waals surface area contributed by atoms with Crippen LogP contribution < -0.4 is 0 Å². The second kappa shape index (κ2) is 3.60. The van der Waals surface area contributed by atoms with Crippen LogP contribution in [0.25, 0.3) is 21.8 Å². The monoisotopic (exact) mass is 207 g/mol. The molecule has 0 aliphatic rings. The molecule has 0 spiro atoms. The number of hydrogen-bond donors (Lipinski definition) is 0. The summed E-state index contributed by atoms with van der Waals surface area (Å²) < 4.78 is 0. The van der Waals surface area contributed by atoms with Crippen molar-refractivity contribution < 1.29 is 0 Å². The van der Waals surface area contributed by atoms with E-state index < -0.39 is 0 Å². The van der Waals surface area contributed by atoms with Crippen LogP contribution in [0.3, 0.4) is 0 Å². The molecule has 0 N–H and O–H groups in total. The van der Waals surface area contributed by atoms with E-state index in [1.165, 1.54) is 16.3 Å². The summed E-state index contributed by atoms with van der Waals surface area (Å²) in [7, 11) is 0. The lowest BCUT2D eigenvalue weighted by atomic mass is 10.1. The Hall–Kier alpha value is -1.89. The fraction of sp³-hybridized carbons (Fsp3) is 0.133. The molecular formula is C15H13N. The van der Waals surface area contributed by atoms with E-state index in [2.05, 4.69) is 49.4 Å². The van der Waals surface area contributed by atoms with Gasteiger partial charge < -0.3 is 0 Å². The minimum Gasteiger partial charge on any atom is -0.248 e. The average Bonchev–Trinajstić information content (AvgIpc) is 2.35. The van der Waals surface area contributed by atoms with Crippen molar-refractivity contribution >= 4 is 21.8 Å². The van der Waals surface area contributed by atoms with E-state index in [0.717, 1.165) is 17.5 Å². The lowest BCUT2D eigenvalue weighted by Crippen LogP contribution is -1.88. The summed E-state index contributed by atoms with van der Waals surface area (Å²) in [6.07, 6.45) is 1.03. The third-order valence-corrected chi connectivity index (χ3v) is 3.01. The molecule has 0 atom stereocenters. The van der Waals surface area contributed by atoms with Crippen LogP contribution in [0.2, 0.25) is 0 Å². The van der Waals surface area contributed by atoms with Gasteiger partial charge in [0.05, 0.1) is 11.0 Å². The smallest absolute Gasteiger partial charge is 0.0741 e. The van der Waals surface area contributed by atoms with Gasteiger partial charge in [0.1, 0.15) is 0 Å². The quantitative estimate of drug-likeness (QED) is 0.550. The summed E-state index contributed by atoms with van der Waals surface area (Å²) in [4.78, 5) is 4.75. The van der Waals surface area contributed by atoms with Gasteiger partial charge in [-0.25, -0.2) is 4.98 Å². The van der Waals surface area contributed by atoms with Gasteiger partial charge in [0, 0.05) is 10.8 Å². The minimum absolute atomic E-state index is 1.03. The number of hydrogen-bond acceptors (Lipinski definition) is 1. The Morgan fingerprint density at radius 3 is 2.62 bits per heavy atom. The van der Waals surface area contributed by atoms with Crippen molar-refractivity contribution in [3.05, 3.63) is 54.1 Å². The lowest BCUT2D eigenvalue weighted by Gasteiger charge is -2.05. The number of aromatic nitrogens is 1. The SMILES string of the molecule is CCc1cccc2cc3ccccc3nc12. The van der Waals surface area contributed by atoms with Crippen molar-refractivity contribution in [2.75, 3.05) is 0 Å². The normalized spacial score (nSPS) is 11.1. The topological polar surface area (TPSA) is 12.9 Å². The number of rotatable bonds is 1. The van der Waals surface area contributed by atoms with Gasteiger partial charge in [-0.1, -0.05) is 43.3 Å². The molecule has 0 saturated heterocycles. The molecule has 3 aromatic rings. The lowest BCUT2D eigenvalue weighted by molar-refractivity contribution is 1.15. The first-order chi connectivity index (χ1) is 7.88. The molecule has 0 aliphatic carbocycles. The fourth-order valence-electron chi connectivity index (χ4n) is 2.15. The first kappa shape index (κ1) is 9.34. The van der Waals surface area contributed by atoms with Crippen molar-refractivity contribution in [1.82, 2.24) is 4.98 Å². The molecule has 0 radical (unpaired) electrons. The van der Waals surface area contributed by atoms with E-state index in [1.807, 2.05) is 6.07 Å². The molecule has 1 heterocycles. The van der Waals surface area contributed by atoms with Gasteiger partial charge in [0.2, 0.25) is 0 Å². The highest BCUT2D eigenvalue weighted by Crippen LogP contribution is 2.22. The Morgan fingerprint density at radius 1 is 0.938 bits per heavy atom. The number of benzene rings is 2. The summed E-state index contributed by atoms with van der Waals surface area (Å²) in [5, 5.41) is 2.45. The predicted octanol–water partition coefficient (Wildman–Crippen LogP) is 3.95. The Balaban J connectivity index is 2.46. The van der Waals surface area contributed by atoms with Crippen LogP contribution in [-0.2, 0) is 6.42 Å². The molecule has 0 saturated carbocycles. The molecule has 0 fully saturated rings. The molecule has 1 aromatic heterocycles. The molecule has 3 rings (SSSR count). The zero-order valence-corrected chi connectivity index (χ0v) is 9.27. The number of nitrogens with zero attached hydrogens (tertiary/aromatic N) is 1. The van der Waals surface area contributed by atoms with Crippen LogP contribution in [0.15, 0.2) is 48.5 Å². The average molecular weight is 207 g/mol. The predicted molar refractivity (Wildman–Crippen MR) is 68.6 cm³/mol. The standard InChI is InChI=1S/C15H13N/c1-2-11-7-5-8-13-10-12-6-3-4-9-14(12)16-15(11)13/h3-10H,2H2,1H3. The van der Waals surface area contributed by atoms with E-state index in [9.17, 15) is 0 Å². The summed E-state index contributed by atoms with van der Waals surface area (Å²) >= 11 is 0. The fourth-order valence-corrected chi connectivity index (χ4v) is 2.15. The summed E-state index contributed by atoms with van der Waals surface area (Å²) in [5.74, 6) is 0. The first-order valence-electron chi connectivity index (χ1n) is 5.66. The van der Waals surface area contributed by atoms with Crippen molar-refractivity contribution in [3.63, 3.8) is 0 Å². The molecular weight excluding hydrogens is 194 g/mol. The van der Waals surface area contributed by atoms with Crippen LogP contribution >= 0.6 is 0 Å². The number of fused-ring (bicyclic) bond motifs is 2. The van der Waals surface area contributed by atoms with Crippen LogP contribution in [-0.4, -0.2) is 4.98 Å². The Bertz CT molecular complexity index is 656. The molecule has 16 heavy (non-hydrogen) atoms. The third kappa shape index (κ3) is 1.36. The Kier molecular flexibility index (Phi) is 2.10. The van der Waals surface area contributed by atoms with E-state index in [1.54, 1.807) is 0 Å². The van der Waals surface area contributed by atoms with Gasteiger partial charge in [-0.2, -0.15) is 0 Å². The van der Waals surface area contributed by atoms with Gasteiger partial charge in [0.15, 0.2) is 0 Å². The maximum atomic E-state index is 4.75. The minimum atomic E-state index is 1.03. The second-order valence-electron chi connectivity index (χ2n) is 4.02. The van der Waals surface area contributed by atoms with E-state index in [4.69, 9.17) is 4.98 Å². The molecule has 0 aliphatic heterocycles. The molecule has 2 aromatic carbocycles. The van der Waals surface area contributed by atoms with Crippen molar-refractivity contribution in [2.45, 2.75) is 13.3 Å². The zero-order valence-electron chi connectivity index (χ0n) is 9.27. The van der Waals surface area contributed by atoms with Crippen LogP contribution in [0.1, 0.15) is 12.5 Å². The van der Waals surface area contributed by atoms with Crippen LogP contribution in [0, 0.1) is 0 Å². The molecule has 78 valence electrons. The molecule has 0 amide bonds. The van der Waals surface area contributed by atoms with Crippen LogP contribution in [0.4, 0.5) is 0 Å². The Morgan fingerprint density at radius 2 is 1.75 bits per heavy atom. The highest BCUT2D eigenvalue weighted by Gasteiger charge is 2.02. The number of aryl methyl sites for hydroxylation is 1. The second-order valence-corrected chi connectivity index (χ2v) is 4.02.